The molecule has 0 saturated carbocycles. The first-order valence-corrected chi connectivity index (χ1v) is 12.0. The minimum Gasteiger partial charge on any atom is -0.494 e. The van der Waals surface area contributed by atoms with Crippen LogP contribution in [0.1, 0.15) is 39.0 Å². The molecule has 1 saturated heterocycles. The van der Waals surface area contributed by atoms with Crippen molar-refractivity contribution in [1.29, 1.82) is 0 Å². The summed E-state index contributed by atoms with van der Waals surface area (Å²) in [4.78, 5) is 31.3. The lowest BCUT2D eigenvalue weighted by Gasteiger charge is -2.28. The molecule has 0 aromatic heterocycles. The van der Waals surface area contributed by atoms with Gasteiger partial charge in [-0.2, -0.15) is 0 Å². The van der Waals surface area contributed by atoms with Crippen LogP contribution in [-0.4, -0.2) is 40.8 Å². The fourth-order valence-electron chi connectivity index (χ4n) is 3.13. The molecule has 0 unspecified atom stereocenters. The van der Waals surface area contributed by atoms with E-state index in [2.05, 4.69) is 17.2 Å². The molecular weight excluding hydrogens is 446 g/mol. The molecule has 2 aromatic rings. The lowest BCUT2D eigenvalue weighted by atomic mass is 10.2. The van der Waals surface area contributed by atoms with E-state index in [4.69, 9.17) is 16.3 Å². The lowest BCUT2D eigenvalue weighted by molar-refractivity contribution is -0.128. The van der Waals surface area contributed by atoms with E-state index in [0.717, 1.165) is 12.2 Å². The molecule has 0 radical (unpaired) electrons. The Morgan fingerprint density at radius 3 is 2.72 bits per heavy atom. The molecular formula is C24H28ClN3O3S. The molecule has 1 aliphatic rings. The normalized spacial score (nSPS) is 17.5. The summed E-state index contributed by atoms with van der Waals surface area (Å²) in [6, 6.07) is 14.4. The molecule has 1 aliphatic heterocycles. The van der Waals surface area contributed by atoms with Gasteiger partial charge in [0.2, 0.25) is 11.8 Å². The van der Waals surface area contributed by atoms with Crippen molar-refractivity contribution in [2.75, 3.05) is 19.0 Å². The number of benzene rings is 2. The molecule has 0 bridgehead atoms. The average Bonchev–Trinajstić information content (AvgIpc) is 2.77. The minimum absolute atomic E-state index is 0.112. The SMILES string of the molecule is CCCCCCOc1ccc(NC(=O)[C@@H]2CC(=O)N(C)C(=Nc3cccc(Cl)c3)S2)cc1. The number of amides is 2. The van der Waals surface area contributed by atoms with Crippen molar-refractivity contribution in [3.63, 3.8) is 0 Å². The summed E-state index contributed by atoms with van der Waals surface area (Å²) < 4.78 is 5.74. The number of aliphatic imine (C=N–C) groups is 1. The van der Waals surface area contributed by atoms with Gasteiger partial charge in [-0.05, 0) is 48.9 Å². The molecule has 6 nitrogen and oxygen atoms in total. The van der Waals surface area contributed by atoms with E-state index in [9.17, 15) is 9.59 Å². The number of thioether (sulfide) groups is 1. The van der Waals surface area contributed by atoms with Crippen LogP contribution in [-0.2, 0) is 9.59 Å². The van der Waals surface area contributed by atoms with Crippen molar-refractivity contribution in [3.05, 3.63) is 53.6 Å². The summed E-state index contributed by atoms with van der Waals surface area (Å²) in [5, 5.41) is 3.35. The second kappa shape index (κ2) is 11.9. The Hall–Kier alpha value is -2.51. The number of hydrogen-bond acceptors (Lipinski definition) is 5. The number of halogens is 1. The molecule has 0 spiro atoms. The zero-order chi connectivity index (χ0) is 22.9. The number of carbonyl (C=O) groups is 2. The second-order valence-corrected chi connectivity index (χ2v) is 9.17. The Labute approximate surface area is 198 Å². The number of rotatable bonds is 9. The molecule has 32 heavy (non-hydrogen) atoms. The van der Waals surface area contributed by atoms with Crippen molar-refractivity contribution in [1.82, 2.24) is 4.90 Å². The molecule has 1 fully saturated rings. The van der Waals surface area contributed by atoms with Crippen LogP contribution >= 0.6 is 23.4 Å². The monoisotopic (exact) mass is 473 g/mol. The number of unbranched alkanes of at least 4 members (excludes halogenated alkanes) is 3. The first-order valence-electron chi connectivity index (χ1n) is 10.8. The topological polar surface area (TPSA) is 71.0 Å². The molecule has 1 atom stereocenters. The standard InChI is InChI=1S/C24H28ClN3O3S/c1-3-4-5-6-14-31-20-12-10-18(11-13-20)26-23(30)21-16-22(29)28(2)24(32-21)27-19-9-7-8-17(25)15-19/h7-13,15,21H,3-6,14,16H2,1-2H3,(H,26,30)/t21-/m0/s1. The van der Waals surface area contributed by atoms with E-state index in [1.54, 1.807) is 31.3 Å². The van der Waals surface area contributed by atoms with Gasteiger partial charge >= 0.3 is 0 Å². The molecule has 1 heterocycles. The summed E-state index contributed by atoms with van der Waals surface area (Å²) in [5.74, 6) is 0.388. The molecule has 170 valence electrons. The fourth-order valence-corrected chi connectivity index (χ4v) is 4.38. The second-order valence-electron chi connectivity index (χ2n) is 7.56. The molecule has 2 aromatic carbocycles. The van der Waals surface area contributed by atoms with Crippen LogP contribution in [0, 0.1) is 0 Å². The maximum absolute atomic E-state index is 12.8. The van der Waals surface area contributed by atoms with E-state index >= 15 is 0 Å². The Bertz CT molecular complexity index is 965. The van der Waals surface area contributed by atoms with Crippen molar-refractivity contribution in [3.8, 4) is 5.75 Å². The molecule has 1 N–H and O–H groups in total. The van der Waals surface area contributed by atoms with Crippen molar-refractivity contribution in [2.45, 2.75) is 44.3 Å². The van der Waals surface area contributed by atoms with E-state index < -0.39 is 5.25 Å². The molecule has 2 amide bonds. The van der Waals surface area contributed by atoms with E-state index in [0.29, 0.717) is 28.2 Å². The van der Waals surface area contributed by atoms with Gasteiger partial charge in [-0.1, -0.05) is 55.6 Å². The van der Waals surface area contributed by atoms with Crippen LogP contribution in [0.3, 0.4) is 0 Å². The van der Waals surface area contributed by atoms with Crippen molar-refractivity contribution >= 4 is 51.7 Å². The zero-order valence-corrected chi connectivity index (χ0v) is 19.9. The number of ether oxygens (including phenoxy) is 1. The molecule has 0 aliphatic carbocycles. The van der Waals surface area contributed by atoms with Crippen molar-refractivity contribution < 1.29 is 14.3 Å². The van der Waals surface area contributed by atoms with Gasteiger partial charge in [0.1, 0.15) is 11.0 Å². The van der Waals surface area contributed by atoms with Crippen molar-refractivity contribution in [2.24, 2.45) is 4.99 Å². The van der Waals surface area contributed by atoms with E-state index in [1.165, 1.54) is 35.9 Å². The highest BCUT2D eigenvalue weighted by molar-refractivity contribution is 8.15. The lowest BCUT2D eigenvalue weighted by Crippen LogP contribution is -2.43. The van der Waals surface area contributed by atoms with Gasteiger partial charge in [-0.15, -0.1) is 0 Å². The first-order chi connectivity index (χ1) is 15.5. The summed E-state index contributed by atoms with van der Waals surface area (Å²) in [6.07, 6.45) is 4.73. The summed E-state index contributed by atoms with van der Waals surface area (Å²) >= 11 is 7.29. The number of nitrogens with one attached hydrogen (secondary N) is 1. The number of carbonyl (C=O) groups excluding carboxylic acids is 2. The Balaban J connectivity index is 1.59. The van der Waals surface area contributed by atoms with Gasteiger partial charge in [-0.25, -0.2) is 4.99 Å². The highest BCUT2D eigenvalue weighted by Gasteiger charge is 2.34. The highest BCUT2D eigenvalue weighted by atomic mass is 35.5. The maximum Gasteiger partial charge on any atom is 0.238 e. The number of hydrogen-bond donors (Lipinski definition) is 1. The summed E-state index contributed by atoms with van der Waals surface area (Å²) in [5.41, 5.74) is 1.29. The van der Waals surface area contributed by atoms with Gasteiger partial charge in [0.05, 0.1) is 12.3 Å². The van der Waals surface area contributed by atoms with Gasteiger partial charge in [-0.3, -0.25) is 14.5 Å². The molecule has 3 rings (SSSR count). The quantitative estimate of drug-likeness (QED) is 0.461. The first kappa shape index (κ1) is 24.1. The van der Waals surface area contributed by atoms with Crippen LogP contribution in [0.15, 0.2) is 53.5 Å². The molecule has 8 heteroatoms. The average molecular weight is 474 g/mol. The predicted molar refractivity (Wildman–Crippen MR) is 132 cm³/mol. The van der Waals surface area contributed by atoms with Gasteiger partial charge in [0.15, 0.2) is 5.17 Å². The summed E-state index contributed by atoms with van der Waals surface area (Å²) in [6.45, 7) is 2.87. The van der Waals surface area contributed by atoms with Gasteiger partial charge in [0, 0.05) is 24.2 Å². The number of anilines is 1. The Morgan fingerprint density at radius 1 is 1.22 bits per heavy atom. The number of amidine groups is 1. The Kier molecular flexibility index (Phi) is 9.00. The predicted octanol–water partition coefficient (Wildman–Crippen LogP) is 5.89. The van der Waals surface area contributed by atoms with Crippen LogP contribution in [0.4, 0.5) is 11.4 Å². The summed E-state index contributed by atoms with van der Waals surface area (Å²) in [7, 11) is 1.66. The van der Waals surface area contributed by atoms with Crippen LogP contribution in [0.25, 0.3) is 0 Å². The zero-order valence-electron chi connectivity index (χ0n) is 18.3. The largest absolute Gasteiger partial charge is 0.494 e. The minimum atomic E-state index is -0.564. The van der Waals surface area contributed by atoms with E-state index in [1.807, 2.05) is 24.3 Å². The van der Waals surface area contributed by atoms with Crippen LogP contribution in [0.5, 0.6) is 5.75 Å². The van der Waals surface area contributed by atoms with E-state index in [-0.39, 0.29) is 18.2 Å². The highest BCUT2D eigenvalue weighted by Crippen LogP contribution is 2.30. The fraction of sp³-hybridized carbons (Fsp3) is 0.375. The van der Waals surface area contributed by atoms with Gasteiger partial charge in [0.25, 0.3) is 0 Å². The van der Waals surface area contributed by atoms with Gasteiger partial charge < -0.3 is 10.1 Å². The maximum atomic E-state index is 12.8. The third-order valence-corrected chi connectivity index (χ3v) is 6.46. The third kappa shape index (κ3) is 7.00. The smallest absolute Gasteiger partial charge is 0.238 e. The van der Waals surface area contributed by atoms with Crippen LogP contribution < -0.4 is 10.1 Å². The van der Waals surface area contributed by atoms with Crippen LogP contribution in [0.2, 0.25) is 5.02 Å². The third-order valence-electron chi connectivity index (χ3n) is 4.98. The Morgan fingerprint density at radius 2 is 2.00 bits per heavy atom. The number of nitrogens with zero attached hydrogens (tertiary/aromatic N) is 2.